The summed E-state index contributed by atoms with van der Waals surface area (Å²) in [6.45, 7) is 0.554. The van der Waals surface area contributed by atoms with Gasteiger partial charge in [0.25, 0.3) is 5.56 Å². The van der Waals surface area contributed by atoms with Gasteiger partial charge in [0.2, 0.25) is 5.91 Å². The molecule has 1 N–H and O–H groups in total. The minimum Gasteiger partial charge on any atom is -0.497 e. The van der Waals surface area contributed by atoms with Crippen LogP contribution in [0.15, 0.2) is 64.1 Å². The molecular formula is C26H29N3O4S. The van der Waals surface area contributed by atoms with Gasteiger partial charge in [-0.3, -0.25) is 14.2 Å². The molecule has 1 heterocycles. The average molecular weight is 480 g/mol. The van der Waals surface area contributed by atoms with Gasteiger partial charge in [0.05, 0.1) is 36.6 Å². The summed E-state index contributed by atoms with van der Waals surface area (Å²) in [5.41, 5.74) is 2.52. The Morgan fingerprint density at radius 2 is 2.00 bits per heavy atom. The van der Waals surface area contributed by atoms with Crippen molar-refractivity contribution in [3.8, 4) is 11.5 Å². The van der Waals surface area contributed by atoms with Crippen molar-refractivity contribution >= 4 is 34.3 Å². The summed E-state index contributed by atoms with van der Waals surface area (Å²) in [7, 11) is 3.11. The number of hydrogen-bond donors (Lipinski definition) is 1. The highest BCUT2D eigenvalue weighted by Crippen LogP contribution is 2.29. The molecule has 0 atom stereocenters. The zero-order valence-corrected chi connectivity index (χ0v) is 20.3. The molecule has 0 radical (unpaired) electrons. The first-order valence-corrected chi connectivity index (χ1v) is 12.4. The zero-order chi connectivity index (χ0) is 23.9. The van der Waals surface area contributed by atoms with Gasteiger partial charge >= 0.3 is 0 Å². The van der Waals surface area contributed by atoms with E-state index in [9.17, 15) is 9.59 Å². The molecular weight excluding hydrogens is 450 g/mol. The molecule has 0 fully saturated rings. The SMILES string of the molecule is COc1ccc(NC(=O)CSc2nc3ccccc3c(=O)n2CCC2=CCCCC2)c(OC)c1. The van der Waals surface area contributed by atoms with E-state index >= 15 is 0 Å². The molecule has 1 aromatic heterocycles. The first-order chi connectivity index (χ1) is 16.6. The molecule has 0 bridgehead atoms. The Balaban J connectivity index is 1.52. The Hall–Kier alpha value is -3.26. The molecule has 1 aliphatic carbocycles. The van der Waals surface area contributed by atoms with E-state index < -0.39 is 0 Å². The maximum absolute atomic E-state index is 13.3. The lowest BCUT2D eigenvalue weighted by Crippen LogP contribution is -2.24. The molecule has 3 aromatic rings. The number of benzene rings is 2. The number of ether oxygens (including phenoxy) is 2. The number of methoxy groups -OCH3 is 2. The van der Waals surface area contributed by atoms with E-state index in [4.69, 9.17) is 14.5 Å². The van der Waals surface area contributed by atoms with Gasteiger partial charge in [-0.05, 0) is 56.4 Å². The van der Waals surface area contributed by atoms with E-state index in [1.807, 2.05) is 18.2 Å². The fraction of sp³-hybridized carbons (Fsp3) is 0.346. The van der Waals surface area contributed by atoms with Gasteiger partial charge in [0.1, 0.15) is 11.5 Å². The molecule has 1 aliphatic rings. The number of nitrogens with zero attached hydrogens (tertiary/aromatic N) is 2. The number of aromatic nitrogens is 2. The lowest BCUT2D eigenvalue weighted by Gasteiger charge is -2.16. The summed E-state index contributed by atoms with van der Waals surface area (Å²) in [6.07, 6.45) is 7.75. The highest BCUT2D eigenvalue weighted by atomic mass is 32.2. The molecule has 0 spiro atoms. The lowest BCUT2D eigenvalue weighted by molar-refractivity contribution is -0.113. The van der Waals surface area contributed by atoms with Crippen LogP contribution in [0.25, 0.3) is 10.9 Å². The van der Waals surface area contributed by atoms with Crippen molar-refractivity contribution in [2.75, 3.05) is 25.3 Å². The minimum atomic E-state index is -0.211. The van der Waals surface area contributed by atoms with Crippen molar-refractivity contribution in [2.45, 2.75) is 43.8 Å². The Morgan fingerprint density at radius 1 is 1.15 bits per heavy atom. The van der Waals surface area contributed by atoms with Crippen molar-refractivity contribution in [1.82, 2.24) is 9.55 Å². The van der Waals surface area contributed by atoms with E-state index in [0.717, 1.165) is 19.3 Å². The van der Waals surface area contributed by atoms with Crippen molar-refractivity contribution in [1.29, 1.82) is 0 Å². The Labute approximate surface area is 203 Å². The Kier molecular flexibility index (Phi) is 7.90. The number of carbonyl (C=O) groups excluding carboxylic acids is 1. The van der Waals surface area contributed by atoms with Gasteiger partial charge in [-0.25, -0.2) is 4.98 Å². The van der Waals surface area contributed by atoms with Crippen LogP contribution in [0.5, 0.6) is 11.5 Å². The molecule has 7 nitrogen and oxygen atoms in total. The molecule has 0 saturated heterocycles. The summed E-state index contributed by atoms with van der Waals surface area (Å²) in [6, 6.07) is 12.6. The first-order valence-electron chi connectivity index (χ1n) is 11.4. The van der Waals surface area contributed by atoms with Crippen LogP contribution in [0.2, 0.25) is 0 Å². The van der Waals surface area contributed by atoms with Crippen LogP contribution in [-0.2, 0) is 11.3 Å². The highest BCUT2D eigenvalue weighted by molar-refractivity contribution is 7.99. The second-order valence-corrected chi connectivity index (χ2v) is 9.07. The van der Waals surface area contributed by atoms with E-state index in [0.29, 0.717) is 39.8 Å². The highest BCUT2D eigenvalue weighted by Gasteiger charge is 2.15. The second kappa shape index (κ2) is 11.2. The third-order valence-corrected chi connectivity index (χ3v) is 6.86. The van der Waals surface area contributed by atoms with Crippen molar-refractivity contribution in [3.05, 3.63) is 64.5 Å². The number of nitrogens with one attached hydrogen (secondary N) is 1. The monoisotopic (exact) mass is 479 g/mol. The van der Waals surface area contributed by atoms with Gasteiger partial charge in [-0.1, -0.05) is 35.5 Å². The normalized spacial score (nSPS) is 13.4. The molecule has 0 aliphatic heterocycles. The van der Waals surface area contributed by atoms with Gasteiger partial charge in [-0.2, -0.15) is 0 Å². The molecule has 1 amide bonds. The maximum atomic E-state index is 13.3. The van der Waals surface area contributed by atoms with Gasteiger partial charge in [0, 0.05) is 12.6 Å². The molecule has 178 valence electrons. The lowest BCUT2D eigenvalue weighted by atomic mass is 9.97. The smallest absolute Gasteiger partial charge is 0.262 e. The standard InChI is InChI=1S/C26H29N3O4S/c1-32-19-12-13-22(23(16-19)33-2)27-24(30)17-34-26-28-21-11-7-6-10-20(21)25(31)29(26)15-14-18-8-4-3-5-9-18/h6-8,10-13,16H,3-5,9,14-15,17H2,1-2H3,(H,27,30). The van der Waals surface area contributed by atoms with Crippen LogP contribution >= 0.6 is 11.8 Å². The van der Waals surface area contributed by atoms with Gasteiger partial charge in [-0.15, -0.1) is 0 Å². The fourth-order valence-corrected chi connectivity index (χ4v) is 4.89. The summed E-state index contributed by atoms with van der Waals surface area (Å²) in [5, 5.41) is 4.02. The largest absolute Gasteiger partial charge is 0.497 e. The predicted molar refractivity (Wildman–Crippen MR) is 136 cm³/mol. The van der Waals surface area contributed by atoms with Crippen molar-refractivity contribution in [3.63, 3.8) is 0 Å². The van der Waals surface area contributed by atoms with E-state index in [2.05, 4.69) is 11.4 Å². The number of hydrogen-bond acceptors (Lipinski definition) is 6. The third kappa shape index (κ3) is 5.62. The fourth-order valence-electron chi connectivity index (χ4n) is 4.06. The molecule has 8 heteroatoms. The minimum absolute atomic E-state index is 0.0678. The van der Waals surface area contributed by atoms with Crippen molar-refractivity contribution in [2.24, 2.45) is 0 Å². The van der Waals surface area contributed by atoms with Crippen LogP contribution in [0.3, 0.4) is 0 Å². The van der Waals surface area contributed by atoms with E-state index in [-0.39, 0.29) is 17.2 Å². The number of allylic oxidation sites excluding steroid dienone is 2. The topological polar surface area (TPSA) is 82.5 Å². The third-order valence-electron chi connectivity index (χ3n) is 5.88. The quantitative estimate of drug-likeness (QED) is 0.263. The van der Waals surface area contributed by atoms with Gasteiger partial charge < -0.3 is 14.8 Å². The number of amides is 1. The number of rotatable bonds is 9. The molecule has 0 unspecified atom stereocenters. The van der Waals surface area contributed by atoms with Crippen LogP contribution < -0.4 is 20.3 Å². The van der Waals surface area contributed by atoms with Crippen LogP contribution in [-0.4, -0.2) is 35.4 Å². The number of fused-ring (bicyclic) bond motifs is 1. The molecule has 4 rings (SSSR count). The van der Waals surface area contributed by atoms with E-state index in [1.165, 1.54) is 30.2 Å². The number of thioether (sulfide) groups is 1. The summed E-state index contributed by atoms with van der Waals surface area (Å²) in [5.74, 6) is 1.06. The second-order valence-electron chi connectivity index (χ2n) is 8.13. The summed E-state index contributed by atoms with van der Waals surface area (Å²) < 4.78 is 12.3. The first kappa shape index (κ1) is 23.9. The molecule has 34 heavy (non-hydrogen) atoms. The molecule has 0 saturated carbocycles. The summed E-state index contributed by atoms with van der Waals surface area (Å²) in [4.78, 5) is 30.7. The van der Waals surface area contributed by atoms with Gasteiger partial charge in [0.15, 0.2) is 5.16 Å². The predicted octanol–water partition coefficient (Wildman–Crippen LogP) is 5.04. The van der Waals surface area contributed by atoms with Crippen LogP contribution in [0.4, 0.5) is 5.69 Å². The Morgan fingerprint density at radius 3 is 2.76 bits per heavy atom. The van der Waals surface area contributed by atoms with Crippen molar-refractivity contribution < 1.29 is 14.3 Å². The number of carbonyl (C=O) groups is 1. The number of para-hydroxylation sites is 1. The van der Waals surface area contributed by atoms with E-state index in [1.54, 1.807) is 43.1 Å². The maximum Gasteiger partial charge on any atom is 0.262 e. The van der Waals surface area contributed by atoms with Crippen LogP contribution in [0, 0.1) is 0 Å². The molecule has 2 aromatic carbocycles. The Bertz CT molecular complexity index is 1270. The number of anilines is 1. The zero-order valence-electron chi connectivity index (χ0n) is 19.5. The summed E-state index contributed by atoms with van der Waals surface area (Å²) >= 11 is 1.27. The average Bonchev–Trinajstić information content (AvgIpc) is 2.88. The van der Waals surface area contributed by atoms with Crippen LogP contribution in [0.1, 0.15) is 32.1 Å².